The molecule has 5 nitrogen and oxygen atoms in total. The van der Waals surface area contributed by atoms with Crippen molar-refractivity contribution in [3.05, 3.63) is 40.5 Å². The quantitative estimate of drug-likeness (QED) is 0.877. The summed E-state index contributed by atoms with van der Waals surface area (Å²) in [5.41, 5.74) is 1.93. The minimum absolute atomic E-state index is 0.0485. The first-order valence-electron chi connectivity index (χ1n) is 6.70. The summed E-state index contributed by atoms with van der Waals surface area (Å²) in [6.07, 6.45) is 0. The highest BCUT2D eigenvalue weighted by Gasteiger charge is 2.08. The molecule has 0 atom stereocenters. The van der Waals surface area contributed by atoms with Crippen LogP contribution in [-0.4, -0.2) is 28.6 Å². The Hall–Kier alpha value is -1.66. The van der Waals surface area contributed by atoms with Gasteiger partial charge >= 0.3 is 0 Å². The second-order valence-electron chi connectivity index (χ2n) is 4.80. The van der Waals surface area contributed by atoms with Crippen LogP contribution in [-0.2, 0) is 17.6 Å². The fraction of sp³-hybridized carbons (Fsp3) is 0.333. The molecule has 0 saturated carbocycles. The van der Waals surface area contributed by atoms with Crippen molar-refractivity contribution >= 4 is 35.1 Å². The molecule has 0 aliphatic rings. The zero-order chi connectivity index (χ0) is 16.1. The van der Waals surface area contributed by atoms with Crippen LogP contribution in [0.1, 0.15) is 11.3 Å². The standard InChI is InChI=1S/C15H18ClN3O2S/c1-10-6-14(19(2)18-10)17-15(20)9-22-8-11-4-5-13(21-3)12(16)7-11/h4-7H,8-9H2,1-3H3,(H,17,20). The lowest BCUT2D eigenvalue weighted by atomic mass is 10.2. The highest BCUT2D eigenvalue weighted by Crippen LogP contribution is 2.26. The number of thioether (sulfide) groups is 1. The molecule has 0 fully saturated rings. The predicted octanol–water partition coefficient (Wildman–Crippen LogP) is 3.26. The van der Waals surface area contributed by atoms with Crippen molar-refractivity contribution in [2.45, 2.75) is 12.7 Å². The van der Waals surface area contributed by atoms with E-state index in [0.717, 1.165) is 11.3 Å². The van der Waals surface area contributed by atoms with E-state index in [0.29, 0.717) is 28.1 Å². The van der Waals surface area contributed by atoms with E-state index in [4.69, 9.17) is 16.3 Å². The molecule has 0 bridgehead atoms. The number of aromatic nitrogens is 2. The Morgan fingerprint density at radius 1 is 1.45 bits per heavy atom. The lowest BCUT2D eigenvalue weighted by Crippen LogP contribution is -2.16. The molecule has 2 rings (SSSR count). The van der Waals surface area contributed by atoms with Crippen LogP contribution >= 0.6 is 23.4 Å². The molecule has 1 amide bonds. The van der Waals surface area contributed by atoms with Crippen LogP contribution in [0, 0.1) is 6.92 Å². The van der Waals surface area contributed by atoms with Crippen LogP contribution in [0.2, 0.25) is 5.02 Å². The lowest BCUT2D eigenvalue weighted by molar-refractivity contribution is -0.113. The van der Waals surface area contributed by atoms with Crippen molar-refractivity contribution in [3.63, 3.8) is 0 Å². The van der Waals surface area contributed by atoms with Gasteiger partial charge in [0.2, 0.25) is 5.91 Å². The molecule has 1 aromatic carbocycles. The molecular weight excluding hydrogens is 322 g/mol. The van der Waals surface area contributed by atoms with Crippen molar-refractivity contribution in [1.29, 1.82) is 0 Å². The monoisotopic (exact) mass is 339 g/mol. The Labute approximate surface area is 139 Å². The number of benzene rings is 1. The first-order valence-corrected chi connectivity index (χ1v) is 8.23. The highest BCUT2D eigenvalue weighted by molar-refractivity contribution is 7.99. The van der Waals surface area contributed by atoms with E-state index in [1.165, 1.54) is 11.8 Å². The largest absolute Gasteiger partial charge is 0.495 e. The van der Waals surface area contributed by atoms with Crippen LogP contribution < -0.4 is 10.1 Å². The normalized spacial score (nSPS) is 10.5. The molecule has 1 N–H and O–H groups in total. The smallest absolute Gasteiger partial charge is 0.235 e. The van der Waals surface area contributed by atoms with Gasteiger partial charge in [0.15, 0.2) is 0 Å². The second kappa shape index (κ2) is 7.56. The van der Waals surface area contributed by atoms with E-state index in [1.54, 1.807) is 18.8 Å². The number of hydrogen-bond acceptors (Lipinski definition) is 4. The maximum Gasteiger partial charge on any atom is 0.235 e. The predicted molar refractivity (Wildman–Crippen MR) is 90.7 cm³/mol. The van der Waals surface area contributed by atoms with Crippen LogP contribution in [0.25, 0.3) is 0 Å². The van der Waals surface area contributed by atoms with Gasteiger partial charge in [-0.2, -0.15) is 5.10 Å². The number of nitrogens with one attached hydrogen (secondary N) is 1. The molecule has 1 heterocycles. The fourth-order valence-electron chi connectivity index (χ4n) is 1.97. The topological polar surface area (TPSA) is 56.1 Å². The summed E-state index contributed by atoms with van der Waals surface area (Å²) in [6, 6.07) is 7.47. The van der Waals surface area contributed by atoms with Crippen LogP contribution in [0.4, 0.5) is 5.82 Å². The van der Waals surface area contributed by atoms with Gasteiger partial charge in [-0.25, -0.2) is 0 Å². The number of methoxy groups -OCH3 is 1. The second-order valence-corrected chi connectivity index (χ2v) is 6.20. The minimum Gasteiger partial charge on any atom is -0.495 e. The minimum atomic E-state index is -0.0485. The lowest BCUT2D eigenvalue weighted by Gasteiger charge is -2.07. The third-order valence-corrected chi connectivity index (χ3v) is 4.29. The number of anilines is 1. The number of aryl methyl sites for hydroxylation is 2. The number of nitrogens with zero attached hydrogens (tertiary/aromatic N) is 2. The molecule has 7 heteroatoms. The molecule has 22 heavy (non-hydrogen) atoms. The Balaban J connectivity index is 1.82. The van der Waals surface area contributed by atoms with E-state index in [9.17, 15) is 4.79 Å². The van der Waals surface area contributed by atoms with Gasteiger partial charge in [-0.1, -0.05) is 17.7 Å². The van der Waals surface area contributed by atoms with Crippen molar-refractivity contribution in [3.8, 4) is 5.75 Å². The molecule has 0 saturated heterocycles. The molecule has 0 radical (unpaired) electrons. The van der Waals surface area contributed by atoms with Gasteiger partial charge in [0.05, 0.1) is 23.6 Å². The van der Waals surface area contributed by atoms with E-state index >= 15 is 0 Å². The number of carbonyl (C=O) groups excluding carboxylic acids is 1. The van der Waals surface area contributed by atoms with Gasteiger partial charge in [-0.05, 0) is 24.6 Å². The van der Waals surface area contributed by atoms with Gasteiger partial charge in [0.1, 0.15) is 11.6 Å². The molecule has 0 spiro atoms. The van der Waals surface area contributed by atoms with Gasteiger partial charge in [0, 0.05) is 18.9 Å². The zero-order valence-corrected chi connectivity index (χ0v) is 14.3. The van der Waals surface area contributed by atoms with E-state index in [-0.39, 0.29) is 5.91 Å². The van der Waals surface area contributed by atoms with Gasteiger partial charge in [-0.3, -0.25) is 9.48 Å². The summed E-state index contributed by atoms with van der Waals surface area (Å²) >= 11 is 7.60. The molecule has 0 unspecified atom stereocenters. The summed E-state index contributed by atoms with van der Waals surface area (Å²) in [7, 11) is 3.38. The van der Waals surface area contributed by atoms with E-state index in [1.807, 2.05) is 31.2 Å². The molecular formula is C15H18ClN3O2S. The SMILES string of the molecule is COc1ccc(CSCC(=O)Nc2cc(C)nn2C)cc1Cl. The van der Waals surface area contributed by atoms with Crippen LogP contribution in [0.5, 0.6) is 5.75 Å². The van der Waals surface area contributed by atoms with Crippen LogP contribution in [0.15, 0.2) is 24.3 Å². The van der Waals surface area contributed by atoms with Gasteiger partial charge < -0.3 is 10.1 Å². The Bertz CT molecular complexity index is 673. The number of hydrogen-bond donors (Lipinski definition) is 1. The zero-order valence-electron chi connectivity index (χ0n) is 12.7. The number of carbonyl (C=O) groups is 1. The molecule has 118 valence electrons. The van der Waals surface area contributed by atoms with E-state index in [2.05, 4.69) is 10.4 Å². The summed E-state index contributed by atoms with van der Waals surface area (Å²) < 4.78 is 6.77. The average molecular weight is 340 g/mol. The maximum absolute atomic E-state index is 11.9. The molecule has 1 aromatic heterocycles. The van der Waals surface area contributed by atoms with Crippen LogP contribution in [0.3, 0.4) is 0 Å². The Kier molecular flexibility index (Phi) is 5.74. The first kappa shape index (κ1) is 16.7. The van der Waals surface area contributed by atoms with Gasteiger partial charge in [0.25, 0.3) is 0 Å². The highest BCUT2D eigenvalue weighted by atomic mass is 35.5. The summed E-state index contributed by atoms with van der Waals surface area (Å²) in [4.78, 5) is 11.9. The molecule has 0 aliphatic heterocycles. The number of ether oxygens (including phenoxy) is 1. The van der Waals surface area contributed by atoms with E-state index < -0.39 is 0 Å². The van der Waals surface area contributed by atoms with Crippen molar-refractivity contribution in [2.75, 3.05) is 18.2 Å². The van der Waals surface area contributed by atoms with Crippen molar-refractivity contribution in [2.24, 2.45) is 7.05 Å². The molecule has 2 aromatic rings. The average Bonchev–Trinajstić information content (AvgIpc) is 2.77. The van der Waals surface area contributed by atoms with Crippen molar-refractivity contribution < 1.29 is 9.53 Å². The number of halogens is 1. The first-order chi connectivity index (χ1) is 10.5. The third-order valence-electron chi connectivity index (χ3n) is 2.99. The maximum atomic E-state index is 11.9. The summed E-state index contributed by atoms with van der Waals surface area (Å²) in [6.45, 7) is 1.89. The number of amides is 1. The Morgan fingerprint density at radius 3 is 2.82 bits per heavy atom. The number of rotatable bonds is 6. The molecule has 0 aliphatic carbocycles. The van der Waals surface area contributed by atoms with Gasteiger partial charge in [-0.15, -0.1) is 11.8 Å². The summed E-state index contributed by atoms with van der Waals surface area (Å²) in [5.74, 6) is 2.39. The Morgan fingerprint density at radius 2 is 2.23 bits per heavy atom. The van der Waals surface area contributed by atoms with Crippen molar-refractivity contribution in [1.82, 2.24) is 9.78 Å². The summed E-state index contributed by atoms with van der Waals surface area (Å²) in [5, 5.41) is 7.61. The fourth-order valence-corrected chi connectivity index (χ4v) is 3.02. The third kappa shape index (κ3) is 4.42.